The molecule has 1 heterocycles. The zero-order chi connectivity index (χ0) is 14.7. The second-order valence-corrected chi connectivity index (χ2v) is 6.93. The monoisotopic (exact) mass is 327 g/mol. The number of carbonyl (C=O) groups is 1. The summed E-state index contributed by atoms with van der Waals surface area (Å²) in [5, 5.41) is 3.98. The van der Waals surface area contributed by atoms with Gasteiger partial charge in [0.05, 0.1) is 15.7 Å². The van der Waals surface area contributed by atoms with Gasteiger partial charge in [-0.1, -0.05) is 29.0 Å². The van der Waals surface area contributed by atoms with Gasteiger partial charge in [-0.25, -0.2) is 4.98 Å². The predicted octanol–water partition coefficient (Wildman–Crippen LogP) is 3.73. The number of benzene rings is 1. The van der Waals surface area contributed by atoms with Gasteiger partial charge >= 0.3 is 0 Å². The van der Waals surface area contributed by atoms with Crippen LogP contribution in [0.15, 0.2) is 22.4 Å². The van der Waals surface area contributed by atoms with Gasteiger partial charge in [-0.05, 0) is 31.5 Å². The molecule has 3 N–H and O–H groups in total. The van der Waals surface area contributed by atoms with Gasteiger partial charge in [-0.3, -0.25) is 4.79 Å². The van der Waals surface area contributed by atoms with E-state index in [1.54, 1.807) is 12.1 Å². The number of nitrogen functional groups attached to an aromatic ring is 1. The maximum absolute atomic E-state index is 11.9. The van der Waals surface area contributed by atoms with Crippen LogP contribution in [-0.4, -0.2) is 16.6 Å². The third-order valence-electron chi connectivity index (χ3n) is 2.58. The first-order chi connectivity index (χ1) is 9.45. The van der Waals surface area contributed by atoms with Crippen LogP contribution in [0.5, 0.6) is 0 Å². The number of halogens is 1. The average Bonchev–Trinajstić information content (AvgIpc) is 2.70. The number of nitrogens with one attached hydrogen (secondary N) is 1. The van der Waals surface area contributed by atoms with Crippen molar-refractivity contribution in [3.8, 4) is 0 Å². The highest BCUT2D eigenvalue weighted by Gasteiger charge is 2.10. The van der Waals surface area contributed by atoms with Crippen LogP contribution < -0.4 is 11.1 Å². The minimum atomic E-state index is -0.0771. The fraction of sp³-hybridized carbons (Fsp3) is 0.231. The first kappa shape index (κ1) is 15.2. The largest absolute Gasteiger partial charge is 0.375 e. The van der Waals surface area contributed by atoms with Crippen LogP contribution in [-0.2, 0) is 4.79 Å². The summed E-state index contributed by atoms with van der Waals surface area (Å²) in [6.07, 6.45) is 0. The zero-order valence-electron chi connectivity index (χ0n) is 11.1. The van der Waals surface area contributed by atoms with Crippen molar-refractivity contribution >= 4 is 51.4 Å². The Bertz CT molecular complexity index is 643. The molecule has 1 aromatic heterocycles. The molecule has 0 aliphatic rings. The fourth-order valence-corrected chi connectivity index (χ4v) is 3.58. The number of nitrogens with zero attached hydrogens (tertiary/aromatic N) is 1. The van der Waals surface area contributed by atoms with E-state index in [2.05, 4.69) is 10.3 Å². The van der Waals surface area contributed by atoms with Gasteiger partial charge in [0, 0.05) is 10.7 Å². The Labute approximate surface area is 130 Å². The molecular weight excluding hydrogens is 314 g/mol. The van der Waals surface area contributed by atoms with Gasteiger partial charge in [0.1, 0.15) is 0 Å². The SMILES string of the molecule is Cc1ccc(Cl)cc1NC(=O)CSc1sc(N)nc1C. The number of nitrogens with two attached hydrogens (primary N) is 1. The van der Waals surface area contributed by atoms with Crippen molar-refractivity contribution in [3.63, 3.8) is 0 Å². The van der Waals surface area contributed by atoms with Crippen LogP contribution in [0.25, 0.3) is 0 Å². The minimum Gasteiger partial charge on any atom is -0.375 e. The number of amides is 1. The number of carbonyl (C=O) groups excluding carboxylic acids is 1. The molecule has 0 atom stereocenters. The van der Waals surface area contributed by atoms with Crippen molar-refractivity contribution in [2.75, 3.05) is 16.8 Å². The Kier molecular flexibility index (Phi) is 4.91. The Hall–Kier alpha value is -1.24. The minimum absolute atomic E-state index is 0.0771. The molecule has 2 aromatic rings. The van der Waals surface area contributed by atoms with Gasteiger partial charge in [-0.15, -0.1) is 11.8 Å². The highest BCUT2D eigenvalue weighted by molar-refractivity contribution is 8.01. The highest BCUT2D eigenvalue weighted by Crippen LogP contribution is 2.30. The quantitative estimate of drug-likeness (QED) is 0.840. The number of aryl methyl sites for hydroxylation is 2. The molecule has 20 heavy (non-hydrogen) atoms. The summed E-state index contributed by atoms with van der Waals surface area (Å²) < 4.78 is 0.973. The van der Waals surface area contributed by atoms with E-state index in [-0.39, 0.29) is 5.91 Å². The third kappa shape index (κ3) is 3.88. The number of hydrogen-bond donors (Lipinski definition) is 2. The second kappa shape index (κ2) is 6.47. The molecular formula is C13H14ClN3OS2. The molecule has 0 spiro atoms. The van der Waals surface area contributed by atoms with Crippen molar-refractivity contribution in [1.82, 2.24) is 4.98 Å². The van der Waals surface area contributed by atoms with E-state index >= 15 is 0 Å². The lowest BCUT2D eigenvalue weighted by Crippen LogP contribution is -2.14. The summed E-state index contributed by atoms with van der Waals surface area (Å²) in [5.74, 6) is 0.237. The second-order valence-electron chi connectivity index (χ2n) is 4.22. The van der Waals surface area contributed by atoms with E-state index in [1.807, 2.05) is 19.9 Å². The van der Waals surface area contributed by atoms with Gasteiger partial charge in [0.25, 0.3) is 0 Å². The van der Waals surface area contributed by atoms with Gasteiger partial charge in [0.2, 0.25) is 5.91 Å². The molecule has 2 rings (SSSR count). The first-order valence-corrected chi connectivity index (χ1v) is 8.05. The zero-order valence-corrected chi connectivity index (χ0v) is 13.5. The number of rotatable bonds is 4. The normalized spacial score (nSPS) is 10.6. The molecule has 0 bridgehead atoms. The summed E-state index contributed by atoms with van der Waals surface area (Å²) >= 11 is 8.75. The molecule has 0 fully saturated rings. The molecule has 106 valence electrons. The van der Waals surface area contributed by atoms with Gasteiger partial charge in [-0.2, -0.15) is 0 Å². The van der Waals surface area contributed by atoms with Crippen LogP contribution >= 0.6 is 34.7 Å². The Balaban J connectivity index is 1.96. The first-order valence-electron chi connectivity index (χ1n) is 5.87. The Morgan fingerprint density at radius 2 is 2.25 bits per heavy atom. The van der Waals surface area contributed by atoms with Crippen molar-refractivity contribution in [2.24, 2.45) is 0 Å². The Morgan fingerprint density at radius 3 is 2.90 bits per heavy atom. The van der Waals surface area contributed by atoms with Crippen molar-refractivity contribution in [2.45, 2.75) is 18.1 Å². The number of thiazole rings is 1. The smallest absolute Gasteiger partial charge is 0.234 e. The molecule has 0 saturated carbocycles. The molecule has 0 aliphatic carbocycles. The molecule has 0 unspecified atom stereocenters. The Morgan fingerprint density at radius 1 is 1.50 bits per heavy atom. The number of anilines is 2. The van der Waals surface area contributed by atoms with Crippen molar-refractivity contribution < 1.29 is 4.79 Å². The van der Waals surface area contributed by atoms with E-state index in [9.17, 15) is 4.79 Å². The predicted molar refractivity (Wildman–Crippen MR) is 86.8 cm³/mol. The van der Waals surface area contributed by atoms with Crippen molar-refractivity contribution in [3.05, 3.63) is 34.5 Å². The van der Waals surface area contributed by atoms with Crippen molar-refractivity contribution in [1.29, 1.82) is 0 Å². The number of aromatic nitrogens is 1. The molecule has 0 radical (unpaired) electrons. The van der Waals surface area contributed by atoms with E-state index in [1.165, 1.54) is 23.1 Å². The summed E-state index contributed by atoms with van der Waals surface area (Å²) in [6, 6.07) is 5.42. The summed E-state index contributed by atoms with van der Waals surface area (Å²) in [4.78, 5) is 16.1. The topological polar surface area (TPSA) is 68.0 Å². The standard InChI is InChI=1S/C13H14ClN3OS2/c1-7-3-4-9(14)5-10(7)17-11(18)6-19-12-8(2)16-13(15)20-12/h3-5H,6H2,1-2H3,(H2,15,16)(H,17,18). The van der Waals surface area contributed by atoms with Crippen LogP contribution in [0.1, 0.15) is 11.3 Å². The molecule has 0 saturated heterocycles. The maximum Gasteiger partial charge on any atom is 0.234 e. The van der Waals surface area contributed by atoms with Gasteiger partial charge in [0.15, 0.2) is 5.13 Å². The number of thioether (sulfide) groups is 1. The van der Waals surface area contributed by atoms with Crippen LogP contribution in [0.2, 0.25) is 5.02 Å². The number of hydrogen-bond acceptors (Lipinski definition) is 5. The third-order valence-corrected chi connectivity index (χ3v) is 5.16. The van der Waals surface area contributed by atoms with Crippen LogP contribution in [0.3, 0.4) is 0 Å². The van der Waals surface area contributed by atoms with Gasteiger partial charge < -0.3 is 11.1 Å². The molecule has 1 amide bonds. The summed E-state index contributed by atoms with van der Waals surface area (Å²) in [6.45, 7) is 3.81. The van der Waals surface area contributed by atoms with E-state index in [0.29, 0.717) is 15.9 Å². The molecule has 1 aromatic carbocycles. The molecule has 4 nitrogen and oxygen atoms in total. The highest BCUT2D eigenvalue weighted by atomic mass is 35.5. The van der Waals surface area contributed by atoms with E-state index in [4.69, 9.17) is 17.3 Å². The van der Waals surface area contributed by atoms with Crippen LogP contribution in [0.4, 0.5) is 10.8 Å². The maximum atomic E-state index is 11.9. The van der Waals surface area contributed by atoms with E-state index in [0.717, 1.165) is 21.2 Å². The fourth-order valence-electron chi connectivity index (χ4n) is 1.58. The lowest BCUT2D eigenvalue weighted by Gasteiger charge is -2.08. The lowest BCUT2D eigenvalue weighted by atomic mass is 10.2. The lowest BCUT2D eigenvalue weighted by molar-refractivity contribution is -0.113. The molecule has 0 aliphatic heterocycles. The summed E-state index contributed by atoms with van der Waals surface area (Å²) in [5.41, 5.74) is 8.21. The van der Waals surface area contributed by atoms with Crippen LogP contribution in [0, 0.1) is 13.8 Å². The van der Waals surface area contributed by atoms with E-state index < -0.39 is 0 Å². The summed E-state index contributed by atoms with van der Waals surface area (Å²) in [7, 11) is 0. The average molecular weight is 328 g/mol. The molecule has 7 heteroatoms.